The molecule has 7 rings (SSSR count). The first-order valence-corrected chi connectivity index (χ1v) is 13.0. The van der Waals surface area contributed by atoms with Crippen molar-refractivity contribution in [1.82, 2.24) is 9.88 Å². The minimum absolute atomic E-state index is 0.310. The number of benzene rings is 2. The summed E-state index contributed by atoms with van der Waals surface area (Å²) in [6.07, 6.45) is 3.02. The first-order chi connectivity index (χ1) is 18.5. The summed E-state index contributed by atoms with van der Waals surface area (Å²) < 4.78 is 18.2. The lowest BCUT2D eigenvalue weighted by Crippen LogP contribution is -2.65. The Balaban J connectivity index is 1.47. The van der Waals surface area contributed by atoms with Crippen molar-refractivity contribution in [3.05, 3.63) is 89.2 Å². The van der Waals surface area contributed by atoms with Crippen molar-refractivity contribution < 1.29 is 24.4 Å². The van der Waals surface area contributed by atoms with Gasteiger partial charge in [0.15, 0.2) is 11.2 Å². The Kier molecular flexibility index (Phi) is 5.29. The SMILES string of the molecule is COc1cncc2c1[C@]1(O)[C@H](O)[C@H](CN3[C@@H]4COC[C@H]3C4)[C@@H](c3ccccc3)[C@]1(c1ccc(C#N)cc1)O2. The summed E-state index contributed by atoms with van der Waals surface area (Å²) in [5, 5.41) is 34.6. The number of nitriles is 1. The number of fused-ring (bicyclic) bond motifs is 5. The summed E-state index contributed by atoms with van der Waals surface area (Å²) >= 11 is 0. The predicted molar refractivity (Wildman–Crippen MR) is 137 cm³/mol. The van der Waals surface area contributed by atoms with Crippen LogP contribution in [0.2, 0.25) is 0 Å². The van der Waals surface area contributed by atoms with E-state index in [9.17, 15) is 15.5 Å². The molecule has 2 aromatic carbocycles. The van der Waals surface area contributed by atoms with E-state index in [1.807, 2.05) is 42.5 Å². The molecule has 7 atom stereocenters. The molecule has 0 unspecified atom stereocenters. The van der Waals surface area contributed by atoms with Crippen LogP contribution < -0.4 is 9.47 Å². The molecule has 8 heteroatoms. The average molecular weight is 512 g/mol. The maximum Gasteiger partial charge on any atom is 0.177 e. The zero-order valence-corrected chi connectivity index (χ0v) is 21.0. The number of rotatable bonds is 5. The normalized spacial score (nSPS) is 34.9. The van der Waals surface area contributed by atoms with E-state index in [2.05, 4.69) is 16.0 Å². The van der Waals surface area contributed by atoms with Gasteiger partial charge in [0.25, 0.3) is 0 Å². The molecule has 0 radical (unpaired) electrons. The summed E-state index contributed by atoms with van der Waals surface area (Å²) in [6, 6.07) is 19.9. The van der Waals surface area contributed by atoms with Gasteiger partial charge in [0.2, 0.25) is 0 Å². The highest BCUT2D eigenvalue weighted by molar-refractivity contribution is 5.59. The summed E-state index contributed by atoms with van der Waals surface area (Å²) in [5.74, 6) is -0.0476. The molecule has 0 spiro atoms. The van der Waals surface area contributed by atoms with Crippen LogP contribution in [0, 0.1) is 17.2 Å². The molecule has 3 aromatic rings. The van der Waals surface area contributed by atoms with Gasteiger partial charge in [-0.15, -0.1) is 0 Å². The van der Waals surface area contributed by atoms with Gasteiger partial charge in [0.1, 0.15) is 11.5 Å². The summed E-state index contributed by atoms with van der Waals surface area (Å²) in [5.41, 5.74) is -0.683. The standard InChI is InChI=1S/C30H29N3O5/c1-36-24-13-32-14-25-27(24)29(35)28(34)23(15-33-21-11-22(33)17-37-16-21)26(19-5-3-2-4-6-19)30(29,38-25)20-9-7-18(12-31)8-10-20/h2-10,13-14,21-23,26,28,34-35H,11,15-17H2,1H3/t21-,22+,23-,26-,28-,29+,30+/m1/s1. The zero-order chi connectivity index (χ0) is 26.1. The fraction of sp³-hybridized carbons (Fsp3) is 0.400. The van der Waals surface area contributed by atoms with Crippen molar-refractivity contribution >= 4 is 0 Å². The van der Waals surface area contributed by atoms with Gasteiger partial charge < -0.3 is 24.4 Å². The second-order valence-corrected chi connectivity index (χ2v) is 10.8. The number of aliphatic hydroxyl groups excluding tert-OH is 1. The Morgan fingerprint density at radius 3 is 2.50 bits per heavy atom. The smallest absolute Gasteiger partial charge is 0.177 e. The van der Waals surface area contributed by atoms with E-state index in [1.54, 1.807) is 24.5 Å². The van der Waals surface area contributed by atoms with Crippen LogP contribution in [0.1, 0.15) is 34.6 Å². The molecule has 38 heavy (non-hydrogen) atoms. The molecule has 1 aliphatic carbocycles. The Labute approximate surface area is 221 Å². The Bertz CT molecular complexity index is 1400. The first kappa shape index (κ1) is 23.6. The molecule has 3 fully saturated rings. The van der Waals surface area contributed by atoms with Crippen molar-refractivity contribution in [2.45, 2.75) is 41.7 Å². The van der Waals surface area contributed by atoms with Gasteiger partial charge in [0, 0.05) is 30.5 Å². The molecular formula is C30H29N3O5. The number of hydrogen-bond donors (Lipinski definition) is 2. The molecule has 0 amide bonds. The Morgan fingerprint density at radius 2 is 1.84 bits per heavy atom. The van der Waals surface area contributed by atoms with Gasteiger partial charge in [-0.2, -0.15) is 5.26 Å². The minimum atomic E-state index is -1.84. The maximum absolute atomic E-state index is 12.9. The Morgan fingerprint density at radius 1 is 1.11 bits per heavy atom. The number of nitrogens with zero attached hydrogens (tertiary/aromatic N) is 3. The van der Waals surface area contributed by atoms with Crippen molar-refractivity contribution in [2.24, 2.45) is 5.92 Å². The number of ether oxygens (including phenoxy) is 3. The van der Waals surface area contributed by atoms with Crippen LogP contribution in [-0.2, 0) is 15.9 Å². The zero-order valence-electron chi connectivity index (χ0n) is 21.0. The van der Waals surface area contributed by atoms with Crippen LogP contribution in [0.3, 0.4) is 0 Å². The molecular weight excluding hydrogens is 482 g/mol. The van der Waals surface area contributed by atoms with Crippen molar-refractivity contribution in [1.29, 1.82) is 5.26 Å². The van der Waals surface area contributed by atoms with Crippen LogP contribution in [0.25, 0.3) is 0 Å². The van der Waals surface area contributed by atoms with Crippen LogP contribution in [0.15, 0.2) is 67.0 Å². The summed E-state index contributed by atoms with van der Waals surface area (Å²) in [6.45, 7) is 1.95. The lowest BCUT2D eigenvalue weighted by Gasteiger charge is -2.54. The van der Waals surface area contributed by atoms with Crippen molar-refractivity contribution in [3.8, 4) is 17.6 Å². The highest BCUT2D eigenvalue weighted by Crippen LogP contribution is 2.69. The third-order valence-electron chi connectivity index (χ3n) is 9.14. The number of hydrogen-bond acceptors (Lipinski definition) is 8. The van der Waals surface area contributed by atoms with Gasteiger partial charge in [-0.05, 0) is 29.7 Å². The molecule has 1 aromatic heterocycles. The van der Waals surface area contributed by atoms with Crippen LogP contribution in [-0.4, -0.2) is 65.2 Å². The van der Waals surface area contributed by atoms with Crippen LogP contribution in [0.4, 0.5) is 0 Å². The maximum atomic E-state index is 12.9. The molecule has 2 saturated heterocycles. The molecule has 8 nitrogen and oxygen atoms in total. The van der Waals surface area contributed by atoms with E-state index in [0.29, 0.717) is 60.0 Å². The number of pyridine rings is 1. The third-order valence-corrected chi connectivity index (χ3v) is 9.14. The van der Waals surface area contributed by atoms with E-state index >= 15 is 0 Å². The number of aromatic nitrogens is 1. The molecule has 2 N–H and O–H groups in total. The second-order valence-electron chi connectivity index (χ2n) is 10.8. The topological polar surface area (TPSA) is 108 Å². The summed E-state index contributed by atoms with van der Waals surface area (Å²) in [4.78, 5) is 6.69. The molecule has 3 aliphatic heterocycles. The molecule has 1 saturated carbocycles. The van der Waals surface area contributed by atoms with E-state index in [-0.39, 0.29) is 5.92 Å². The molecule has 4 aliphatic rings. The van der Waals surface area contributed by atoms with Crippen LogP contribution in [0.5, 0.6) is 11.5 Å². The van der Waals surface area contributed by atoms with Crippen molar-refractivity contribution in [3.63, 3.8) is 0 Å². The van der Waals surface area contributed by atoms with E-state index in [0.717, 1.165) is 12.0 Å². The van der Waals surface area contributed by atoms with E-state index in [1.165, 1.54) is 7.11 Å². The number of methoxy groups -OCH3 is 1. The molecule has 4 heterocycles. The van der Waals surface area contributed by atoms with E-state index < -0.39 is 23.2 Å². The minimum Gasteiger partial charge on any atom is -0.495 e. The van der Waals surface area contributed by atoms with Gasteiger partial charge >= 0.3 is 0 Å². The third kappa shape index (κ3) is 2.96. The predicted octanol–water partition coefficient (Wildman–Crippen LogP) is 2.68. The second kappa shape index (κ2) is 8.52. The van der Waals surface area contributed by atoms with Gasteiger partial charge in [-0.25, -0.2) is 0 Å². The lowest BCUT2D eigenvalue weighted by atomic mass is 9.70. The average Bonchev–Trinajstić information content (AvgIpc) is 3.35. The monoisotopic (exact) mass is 511 g/mol. The Hall–Kier alpha value is -3.48. The van der Waals surface area contributed by atoms with Gasteiger partial charge in [-0.3, -0.25) is 9.88 Å². The fourth-order valence-corrected chi connectivity index (χ4v) is 7.48. The number of morpholine rings is 1. The van der Waals surface area contributed by atoms with Gasteiger partial charge in [-0.1, -0.05) is 42.5 Å². The largest absolute Gasteiger partial charge is 0.495 e. The summed E-state index contributed by atoms with van der Waals surface area (Å²) in [7, 11) is 1.52. The van der Waals surface area contributed by atoms with Gasteiger partial charge in [0.05, 0.1) is 56.0 Å². The van der Waals surface area contributed by atoms with Crippen LogP contribution >= 0.6 is 0 Å². The highest BCUT2D eigenvalue weighted by Gasteiger charge is 2.77. The first-order valence-electron chi connectivity index (χ1n) is 13.0. The van der Waals surface area contributed by atoms with Crippen molar-refractivity contribution in [2.75, 3.05) is 26.9 Å². The molecule has 194 valence electrons. The number of aliphatic hydroxyl groups is 2. The fourth-order valence-electron chi connectivity index (χ4n) is 7.48. The quantitative estimate of drug-likeness (QED) is 0.539. The highest BCUT2D eigenvalue weighted by atomic mass is 16.5. The van der Waals surface area contributed by atoms with E-state index in [4.69, 9.17) is 14.2 Å². The molecule has 2 bridgehead atoms. The lowest BCUT2D eigenvalue weighted by molar-refractivity contribution is -0.158.